The van der Waals surface area contributed by atoms with E-state index >= 15 is 0 Å². The van der Waals surface area contributed by atoms with Crippen molar-refractivity contribution in [3.63, 3.8) is 0 Å². The van der Waals surface area contributed by atoms with Crippen LogP contribution in [0.1, 0.15) is 41.6 Å². The quantitative estimate of drug-likeness (QED) is 0.728. The van der Waals surface area contributed by atoms with Gasteiger partial charge in [-0.15, -0.1) is 16.4 Å². The number of nitrogens with one attached hydrogen (secondary N) is 1. The number of thioether (sulfide) groups is 1. The van der Waals surface area contributed by atoms with E-state index in [9.17, 15) is 4.79 Å². The first kappa shape index (κ1) is 13.7. The van der Waals surface area contributed by atoms with Crippen molar-refractivity contribution in [2.75, 3.05) is 0 Å². The molecule has 9 heteroatoms. The molecule has 1 N–H and O–H groups in total. The number of rotatable bonds is 4. The Morgan fingerprint density at radius 3 is 3.13 bits per heavy atom. The van der Waals surface area contributed by atoms with Crippen LogP contribution in [-0.2, 0) is 18.6 Å². The molecule has 0 unspecified atom stereocenters. The average molecular weight is 346 g/mol. The van der Waals surface area contributed by atoms with Crippen molar-refractivity contribution in [2.24, 2.45) is 0 Å². The Kier molecular flexibility index (Phi) is 3.05. The number of fused-ring (bicyclic) bond motifs is 3. The number of nitrogens with zero attached hydrogens (tertiary/aromatic N) is 5. The Hall–Kier alpha value is -1.74. The molecule has 3 aromatic rings. The standard InChI is InChI=1S/C14H14N6OS2/c21-12-11-8-2-1-3-9(8)23-13(11)16-10(15-12)6-22-14-17-18-19-20(14)7-4-5-7/h7H,1-6H2,(H,15,16,21). The lowest BCUT2D eigenvalue weighted by atomic mass is 10.2. The predicted octanol–water partition coefficient (Wildman–Crippen LogP) is 2.09. The maximum absolute atomic E-state index is 12.4. The van der Waals surface area contributed by atoms with Crippen LogP contribution < -0.4 is 5.56 Å². The number of aryl methyl sites for hydroxylation is 2. The van der Waals surface area contributed by atoms with Gasteiger partial charge < -0.3 is 4.98 Å². The zero-order chi connectivity index (χ0) is 15.4. The lowest BCUT2D eigenvalue weighted by Gasteiger charge is -2.02. The first-order valence-corrected chi connectivity index (χ1v) is 9.54. The van der Waals surface area contributed by atoms with Crippen molar-refractivity contribution in [3.05, 3.63) is 26.6 Å². The summed E-state index contributed by atoms with van der Waals surface area (Å²) in [6.07, 6.45) is 5.51. The summed E-state index contributed by atoms with van der Waals surface area (Å²) in [5.74, 6) is 1.26. The third-order valence-electron chi connectivity index (χ3n) is 4.32. The molecule has 7 nitrogen and oxygen atoms in total. The van der Waals surface area contributed by atoms with E-state index in [-0.39, 0.29) is 5.56 Å². The number of thiophene rings is 1. The monoisotopic (exact) mass is 346 g/mol. The molecule has 118 valence electrons. The van der Waals surface area contributed by atoms with Crippen LogP contribution in [0.4, 0.5) is 0 Å². The fourth-order valence-corrected chi connectivity index (χ4v) is 5.17. The van der Waals surface area contributed by atoms with Crippen LogP contribution in [0.3, 0.4) is 0 Å². The van der Waals surface area contributed by atoms with E-state index in [2.05, 4.69) is 25.5 Å². The minimum absolute atomic E-state index is 0.00761. The van der Waals surface area contributed by atoms with Crippen molar-refractivity contribution < 1.29 is 0 Å². The maximum Gasteiger partial charge on any atom is 0.259 e. The van der Waals surface area contributed by atoms with E-state index in [1.165, 1.54) is 22.2 Å². The highest BCUT2D eigenvalue weighted by atomic mass is 32.2. The van der Waals surface area contributed by atoms with Gasteiger partial charge in [-0.25, -0.2) is 9.67 Å². The van der Waals surface area contributed by atoms with Crippen LogP contribution in [-0.4, -0.2) is 30.2 Å². The molecule has 0 amide bonds. The normalized spacial score (nSPS) is 17.0. The number of tetrazole rings is 1. The van der Waals surface area contributed by atoms with Gasteiger partial charge in [0.15, 0.2) is 0 Å². The van der Waals surface area contributed by atoms with Gasteiger partial charge in [0.05, 0.1) is 17.2 Å². The molecule has 0 aliphatic heterocycles. The van der Waals surface area contributed by atoms with Crippen LogP contribution in [0.15, 0.2) is 9.95 Å². The lowest BCUT2D eigenvalue weighted by molar-refractivity contribution is 0.565. The van der Waals surface area contributed by atoms with E-state index in [0.717, 1.165) is 47.5 Å². The molecule has 0 aromatic carbocycles. The van der Waals surface area contributed by atoms with Crippen LogP contribution in [0.25, 0.3) is 10.2 Å². The summed E-state index contributed by atoms with van der Waals surface area (Å²) in [6.45, 7) is 0. The van der Waals surface area contributed by atoms with Crippen molar-refractivity contribution >= 4 is 33.3 Å². The third kappa shape index (κ3) is 2.29. The fraction of sp³-hybridized carbons (Fsp3) is 0.500. The van der Waals surface area contributed by atoms with E-state index in [0.29, 0.717) is 17.6 Å². The third-order valence-corrected chi connectivity index (χ3v) is 6.45. The van der Waals surface area contributed by atoms with Gasteiger partial charge in [0, 0.05) is 4.88 Å². The highest BCUT2D eigenvalue weighted by Gasteiger charge is 2.28. The molecule has 0 saturated heterocycles. The predicted molar refractivity (Wildman–Crippen MR) is 87.9 cm³/mol. The topological polar surface area (TPSA) is 89.4 Å². The minimum Gasteiger partial charge on any atom is -0.309 e. The number of aromatic nitrogens is 6. The lowest BCUT2D eigenvalue weighted by Crippen LogP contribution is -2.11. The molecule has 0 spiro atoms. The Morgan fingerprint density at radius 1 is 1.35 bits per heavy atom. The second kappa shape index (κ2) is 5.13. The van der Waals surface area contributed by atoms with Gasteiger partial charge in [0.1, 0.15) is 10.7 Å². The van der Waals surface area contributed by atoms with Crippen molar-refractivity contribution in [2.45, 2.75) is 49.1 Å². The van der Waals surface area contributed by atoms with Crippen LogP contribution >= 0.6 is 23.1 Å². The number of hydrogen-bond donors (Lipinski definition) is 1. The number of H-pyrrole nitrogens is 1. The second-order valence-corrected chi connectivity index (χ2v) is 8.00. The molecule has 2 aliphatic rings. The number of aromatic amines is 1. The van der Waals surface area contributed by atoms with E-state index in [1.54, 1.807) is 11.3 Å². The molecule has 3 aromatic heterocycles. The van der Waals surface area contributed by atoms with Crippen molar-refractivity contribution in [1.82, 2.24) is 30.2 Å². The molecule has 1 saturated carbocycles. The zero-order valence-electron chi connectivity index (χ0n) is 12.3. The van der Waals surface area contributed by atoms with Crippen LogP contribution in [0.2, 0.25) is 0 Å². The summed E-state index contributed by atoms with van der Waals surface area (Å²) in [5.41, 5.74) is 1.21. The molecule has 0 bridgehead atoms. The maximum atomic E-state index is 12.4. The fourth-order valence-electron chi connectivity index (χ4n) is 3.08. The SMILES string of the molecule is O=c1[nH]c(CSc2nnnn2C2CC2)nc2sc3c(c12)CCC3. The average Bonchev–Trinajstić information content (AvgIpc) is 2.95. The summed E-state index contributed by atoms with van der Waals surface area (Å²) >= 11 is 3.19. The van der Waals surface area contributed by atoms with Gasteiger partial charge in [0.2, 0.25) is 5.16 Å². The van der Waals surface area contributed by atoms with E-state index in [4.69, 9.17) is 0 Å². The first-order valence-electron chi connectivity index (χ1n) is 7.73. The smallest absolute Gasteiger partial charge is 0.259 e. The molecule has 1 fully saturated rings. The molecular weight excluding hydrogens is 332 g/mol. The molecular formula is C14H14N6OS2. The largest absolute Gasteiger partial charge is 0.309 e. The number of hydrogen-bond acceptors (Lipinski definition) is 7. The Bertz CT molecular complexity index is 954. The minimum atomic E-state index is -0.00761. The van der Waals surface area contributed by atoms with E-state index in [1.807, 2.05) is 4.68 Å². The highest BCUT2D eigenvalue weighted by Crippen LogP contribution is 2.37. The first-order chi connectivity index (χ1) is 11.3. The Balaban J connectivity index is 1.44. The summed E-state index contributed by atoms with van der Waals surface area (Å²) in [5, 5.41) is 13.5. The van der Waals surface area contributed by atoms with Gasteiger partial charge in [-0.2, -0.15) is 0 Å². The van der Waals surface area contributed by atoms with Gasteiger partial charge in [-0.05, 0) is 48.1 Å². The molecule has 0 atom stereocenters. The summed E-state index contributed by atoms with van der Waals surface area (Å²) < 4.78 is 1.88. The Morgan fingerprint density at radius 2 is 2.26 bits per heavy atom. The molecule has 2 aliphatic carbocycles. The van der Waals surface area contributed by atoms with Crippen LogP contribution in [0.5, 0.6) is 0 Å². The van der Waals surface area contributed by atoms with Crippen molar-refractivity contribution in [1.29, 1.82) is 0 Å². The van der Waals surface area contributed by atoms with Crippen molar-refractivity contribution in [3.8, 4) is 0 Å². The summed E-state index contributed by atoms with van der Waals surface area (Å²) in [7, 11) is 0. The van der Waals surface area contributed by atoms with Gasteiger partial charge in [0.25, 0.3) is 5.56 Å². The van der Waals surface area contributed by atoms with Gasteiger partial charge >= 0.3 is 0 Å². The molecule has 0 radical (unpaired) electrons. The Labute approximate surface area is 139 Å². The highest BCUT2D eigenvalue weighted by molar-refractivity contribution is 7.98. The zero-order valence-corrected chi connectivity index (χ0v) is 13.9. The molecule has 23 heavy (non-hydrogen) atoms. The molecule has 5 rings (SSSR count). The van der Waals surface area contributed by atoms with Gasteiger partial charge in [-0.3, -0.25) is 4.79 Å². The van der Waals surface area contributed by atoms with Gasteiger partial charge in [-0.1, -0.05) is 11.8 Å². The second-order valence-electron chi connectivity index (χ2n) is 5.98. The summed E-state index contributed by atoms with van der Waals surface area (Å²) in [6, 6.07) is 0.447. The van der Waals surface area contributed by atoms with Crippen LogP contribution in [0, 0.1) is 0 Å². The summed E-state index contributed by atoms with van der Waals surface area (Å²) in [4.78, 5) is 22.2. The molecule has 3 heterocycles. The van der Waals surface area contributed by atoms with E-state index < -0.39 is 0 Å².